The molecule has 0 spiro atoms. The molecule has 1 aliphatic heterocycles. The largest absolute Gasteiger partial charge is 0.385 e. The second-order valence-electron chi connectivity index (χ2n) is 7.05. The van der Waals surface area contributed by atoms with Crippen molar-refractivity contribution in [2.75, 3.05) is 20.3 Å². The van der Waals surface area contributed by atoms with E-state index in [0.717, 1.165) is 42.5 Å². The van der Waals surface area contributed by atoms with Gasteiger partial charge in [0.15, 0.2) is 5.82 Å². The number of hydrogen-bond donors (Lipinski definition) is 2. The van der Waals surface area contributed by atoms with Gasteiger partial charge in [-0.2, -0.15) is 0 Å². The first kappa shape index (κ1) is 20.1. The fourth-order valence-corrected chi connectivity index (χ4v) is 3.46. The van der Waals surface area contributed by atoms with Crippen molar-refractivity contribution in [3.8, 4) is 0 Å². The van der Waals surface area contributed by atoms with Crippen molar-refractivity contribution in [1.82, 2.24) is 20.2 Å². The van der Waals surface area contributed by atoms with Crippen LogP contribution in [0.2, 0.25) is 0 Å². The second-order valence-corrected chi connectivity index (χ2v) is 7.05. The molecule has 0 aliphatic carbocycles. The van der Waals surface area contributed by atoms with Gasteiger partial charge < -0.3 is 19.9 Å². The van der Waals surface area contributed by atoms with Crippen molar-refractivity contribution in [1.29, 1.82) is 0 Å². The molecule has 0 saturated carbocycles. The molecular formula is C21H28N4O3. The monoisotopic (exact) mass is 384 g/mol. The number of imidazole rings is 1. The van der Waals surface area contributed by atoms with Gasteiger partial charge in [0.2, 0.25) is 0 Å². The van der Waals surface area contributed by atoms with E-state index in [1.54, 1.807) is 7.11 Å². The number of carbonyl (C=O) groups excluding carboxylic acids is 2. The highest BCUT2D eigenvalue weighted by atomic mass is 16.5. The summed E-state index contributed by atoms with van der Waals surface area (Å²) in [6.07, 6.45) is 3.48. The lowest BCUT2D eigenvalue weighted by molar-refractivity contribution is 0.0932. The van der Waals surface area contributed by atoms with Gasteiger partial charge in [-0.05, 0) is 43.7 Å². The van der Waals surface area contributed by atoms with Crippen LogP contribution in [0.5, 0.6) is 0 Å². The highest BCUT2D eigenvalue weighted by Crippen LogP contribution is 2.21. The van der Waals surface area contributed by atoms with Crippen LogP contribution in [0.4, 0.5) is 0 Å². The number of methoxy groups -OCH3 is 1. The zero-order valence-corrected chi connectivity index (χ0v) is 16.6. The lowest BCUT2D eigenvalue weighted by Gasteiger charge is -2.17. The van der Waals surface area contributed by atoms with Crippen LogP contribution in [0.3, 0.4) is 0 Å². The van der Waals surface area contributed by atoms with Gasteiger partial charge in [0.1, 0.15) is 5.69 Å². The van der Waals surface area contributed by atoms with Crippen LogP contribution in [0, 0.1) is 6.92 Å². The van der Waals surface area contributed by atoms with Crippen LogP contribution >= 0.6 is 0 Å². The number of nitrogens with one attached hydrogen (secondary N) is 2. The smallest absolute Gasteiger partial charge is 0.287 e. The zero-order valence-electron chi connectivity index (χ0n) is 16.6. The maximum atomic E-state index is 12.8. The average Bonchev–Trinajstić information content (AvgIpc) is 3.10. The molecule has 1 aromatic carbocycles. The summed E-state index contributed by atoms with van der Waals surface area (Å²) in [4.78, 5) is 29.8. The fraction of sp³-hybridized carbons (Fsp3) is 0.476. The van der Waals surface area contributed by atoms with Gasteiger partial charge in [-0.3, -0.25) is 9.59 Å². The van der Waals surface area contributed by atoms with Gasteiger partial charge >= 0.3 is 0 Å². The Morgan fingerprint density at radius 1 is 1.18 bits per heavy atom. The van der Waals surface area contributed by atoms with E-state index in [0.29, 0.717) is 37.8 Å². The predicted octanol–water partition coefficient (Wildman–Crippen LogP) is 2.22. The molecular weight excluding hydrogens is 356 g/mol. The number of fused-ring (bicyclic) bond motifs is 1. The summed E-state index contributed by atoms with van der Waals surface area (Å²) >= 11 is 0. The lowest BCUT2D eigenvalue weighted by atomic mass is 10.1. The number of benzene rings is 1. The Kier molecular flexibility index (Phi) is 6.81. The van der Waals surface area contributed by atoms with Gasteiger partial charge in [-0.1, -0.05) is 24.3 Å². The number of ether oxygens (including phenoxy) is 1. The van der Waals surface area contributed by atoms with Gasteiger partial charge in [-0.15, -0.1) is 0 Å². The standard InChI is InChI=1S/C21H28N4O3/c1-15-8-3-4-9-16(15)14-23-20(26)18-17-10-5-6-12-25(17)19(24-18)21(27)22-11-7-13-28-2/h3-4,8-9H,5-7,10-14H2,1-2H3,(H,22,27)(H,23,26). The highest BCUT2D eigenvalue weighted by Gasteiger charge is 2.27. The second kappa shape index (κ2) is 9.50. The van der Waals surface area contributed by atoms with Crippen LogP contribution in [-0.4, -0.2) is 41.6 Å². The predicted molar refractivity (Wildman–Crippen MR) is 106 cm³/mol. The van der Waals surface area contributed by atoms with Crippen LogP contribution in [0.15, 0.2) is 24.3 Å². The SMILES string of the molecule is COCCCNC(=O)c1nc(C(=O)NCc2ccccc2C)c2n1CCCC2. The maximum Gasteiger partial charge on any atom is 0.287 e. The minimum Gasteiger partial charge on any atom is -0.385 e. The molecule has 0 radical (unpaired) electrons. The van der Waals surface area contributed by atoms with E-state index in [1.807, 2.05) is 35.8 Å². The van der Waals surface area contributed by atoms with Crippen molar-refractivity contribution in [3.63, 3.8) is 0 Å². The van der Waals surface area contributed by atoms with Crippen LogP contribution in [0.25, 0.3) is 0 Å². The molecule has 0 fully saturated rings. The third-order valence-electron chi connectivity index (χ3n) is 5.05. The van der Waals surface area contributed by atoms with Crippen LogP contribution in [-0.2, 0) is 24.2 Å². The van der Waals surface area contributed by atoms with E-state index in [1.165, 1.54) is 0 Å². The molecule has 2 amide bonds. The normalized spacial score (nSPS) is 13.1. The quantitative estimate of drug-likeness (QED) is 0.684. The molecule has 7 heteroatoms. The highest BCUT2D eigenvalue weighted by molar-refractivity contribution is 5.97. The van der Waals surface area contributed by atoms with Crippen molar-refractivity contribution >= 4 is 11.8 Å². The molecule has 2 aromatic rings. The molecule has 1 aromatic heterocycles. The molecule has 2 N–H and O–H groups in total. The van der Waals surface area contributed by atoms with Crippen molar-refractivity contribution in [2.24, 2.45) is 0 Å². The zero-order chi connectivity index (χ0) is 19.9. The number of carbonyl (C=O) groups is 2. The summed E-state index contributed by atoms with van der Waals surface area (Å²) in [6.45, 7) is 4.28. The van der Waals surface area contributed by atoms with Crippen molar-refractivity contribution < 1.29 is 14.3 Å². The lowest BCUT2D eigenvalue weighted by Crippen LogP contribution is -2.29. The molecule has 2 heterocycles. The summed E-state index contributed by atoms with van der Waals surface area (Å²) in [5, 5.41) is 5.82. The molecule has 3 rings (SSSR count). The van der Waals surface area contributed by atoms with Gasteiger partial charge in [0.05, 0.1) is 5.69 Å². The molecule has 28 heavy (non-hydrogen) atoms. The minimum atomic E-state index is -0.239. The molecule has 0 bridgehead atoms. The topological polar surface area (TPSA) is 85.2 Å². The number of aromatic nitrogens is 2. The Labute approximate surface area is 165 Å². The van der Waals surface area contributed by atoms with E-state index in [4.69, 9.17) is 4.74 Å². The van der Waals surface area contributed by atoms with E-state index >= 15 is 0 Å². The molecule has 0 saturated heterocycles. The number of aryl methyl sites for hydroxylation is 1. The first-order valence-electron chi connectivity index (χ1n) is 9.81. The third kappa shape index (κ3) is 4.59. The van der Waals surface area contributed by atoms with E-state index in [9.17, 15) is 9.59 Å². The van der Waals surface area contributed by atoms with E-state index < -0.39 is 0 Å². The summed E-state index contributed by atoms with van der Waals surface area (Å²) < 4.78 is 6.90. The molecule has 1 aliphatic rings. The molecule has 0 atom stereocenters. The average molecular weight is 384 g/mol. The summed E-state index contributed by atoms with van der Waals surface area (Å²) in [6, 6.07) is 7.95. The van der Waals surface area contributed by atoms with E-state index in [-0.39, 0.29) is 11.8 Å². The fourth-order valence-electron chi connectivity index (χ4n) is 3.46. The maximum absolute atomic E-state index is 12.8. The molecule has 0 unspecified atom stereocenters. The summed E-state index contributed by atoms with van der Waals surface area (Å²) in [5.74, 6) is -0.141. The van der Waals surface area contributed by atoms with Crippen LogP contribution < -0.4 is 10.6 Å². The Hall–Kier alpha value is -2.67. The Balaban J connectivity index is 1.73. The van der Waals surface area contributed by atoms with Gasteiger partial charge in [-0.25, -0.2) is 4.98 Å². The van der Waals surface area contributed by atoms with Gasteiger partial charge in [0.25, 0.3) is 11.8 Å². The van der Waals surface area contributed by atoms with Crippen LogP contribution in [0.1, 0.15) is 57.2 Å². The first-order chi connectivity index (χ1) is 13.6. The Bertz CT molecular complexity index is 844. The molecule has 7 nitrogen and oxygen atoms in total. The van der Waals surface area contributed by atoms with Crippen molar-refractivity contribution in [2.45, 2.75) is 45.7 Å². The third-order valence-corrected chi connectivity index (χ3v) is 5.05. The Morgan fingerprint density at radius 3 is 2.79 bits per heavy atom. The van der Waals surface area contributed by atoms with E-state index in [2.05, 4.69) is 15.6 Å². The summed E-state index contributed by atoms with van der Waals surface area (Å²) in [5.41, 5.74) is 3.43. The first-order valence-corrected chi connectivity index (χ1v) is 9.81. The number of hydrogen-bond acceptors (Lipinski definition) is 4. The molecule has 150 valence electrons. The minimum absolute atomic E-state index is 0.229. The van der Waals surface area contributed by atoms with Crippen molar-refractivity contribution in [3.05, 3.63) is 52.6 Å². The summed E-state index contributed by atoms with van der Waals surface area (Å²) in [7, 11) is 1.63. The number of amides is 2. The number of rotatable bonds is 8. The van der Waals surface area contributed by atoms with Gasteiger partial charge in [0, 0.05) is 33.4 Å². The Morgan fingerprint density at radius 2 is 2.00 bits per heavy atom. The number of nitrogens with zero attached hydrogens (tertiary/aromatic N) is 2.